The number of nitrogens with zero attached hydrogens (tertiary/aromatic N) is 2. The van der Waals surface area contributed by atoms with Crippen molar-refractivity contribution in [1.82, 2.24) is 20.4 Å². The van der Waals surface area contributed by atoms with Gasteiger partial charge in [-0.15, -0.1) is 0 Å². The molecule has 40 heavy (non-hydrogen) atoms. The van der Waals surface area contributed by atoms with Crippen LogP contribution < -0.4 is 15.4 Å². The molecule has 8 heteroatoms. The lowest BCUT2D eigenvalue weighted by Gasteiger charge is -2.36. The predicted molar refractivity (Wildman–Crippen MR) is 156 cm³/mol. The summed E-state index contributed by atoms with van der Waals surface area (Å²) in [4.78, 5) is 44.5. The number of likely N-dealkylation sites (N-methyl/N-ethyl adjacent to an activating group) is 1. The molecule has 2 aliphatic rings. The monoisotopic (exact) mass is 548 g/mol. The molecule has 3 amide bonds. The number of fused-ring (bicyclic) bond motifs is 1. The van der Waals surface area contributed by atoms with Crippen molar-refractivity contribution in [3.63, 3.8) is 0 Å². The van der Waals surface area contributed by atoms with Gasteiger partial charge in [-0.05, 0) is 69.0 Å². The lowest BCUT2D eigenvalue weighted by Crippen LogP contribution is -2.59. The first-order valence-electron chi connectivity index (χ1n) is 14.3. The van der Waals surface area contributed by atoms with Gasteiger partial charge in [-0.1, -0.05) is 63.2 Å². The number of rotatable bonds is 8. The molecule has 1 heterocycles. The zero-order chi connectivity index (χ0) is 29.0. The van der Waals surface area contributed by atoms with Gasteiger partial charge in [-0.25, -0.2) is 0 Å². The van der Waals surface area contributed by atoms with Gasteiger partial charge in [0.25, 0.3) is 0 Å². The number of likely N-dealkylation sites (tertiary alicyclic amines) is 1. The number of para-hydroxylation sites is 1. The summed E-state index contributed by atoms with van der Waals surface area (Å²) in [7, 11) is 3.65. The van der Waals surface area contributed by atoms with Gasteiger partial charge in [0.1, 0.15) is 23.9 Å². The first-order valence-corrected chi connectivity index (χ1v) is 14.3. The number of carbonyl (C=O) groups excluding carboxylic acids is 3. The highest BCUT2D eigenvalue weighted by Gasteiger charge is 2.46. The molecular formula is C32H44N4O4. The molecule has 0 unspecified atom stereocenters. The summed E-state index contributed by atoms with van der Waals surface area (Å²) < 4.78 is 6.23. The van der Waals surface area contributed by atoms with Crippen molar-refractivity contribution in [2.75, 3.05) is 20.6 Å². The fraction of sp³-hybridized carbons (Fsp3) is 0.531. The topological polar surface area (TPSA) is 91.0 Å². The summed E-state index contributed by atoms with van der Waals surface area (Å²) in [5.41, 5.74) is 1.84. The van der Waals surface area contributed by atoms with Gasteiger partial charge >= 0.3 is 0 Å². The highest BCUT2D eigenvalue weighted by Crippen LogP contribution is 2.32. The molecule has 1 aliphatic heterocycles. The predicted octanol–water partition coefficient (Wildman–Crippen LogP) is 3.71. The van der Waals surface area contributed by atoms with E-state index in [9.17, 15) is 14.4 Å². The first kappa shape index (κ1) is 29.6. The van der Waals surface area contributed by atoms with Crippen molar-refractivity contribution >= 4 is 17.7 Å². The number of ether oxygens (including phenoxy) is 1. The molecule has 4 rings (SSSR count). The van der Waals surface area contributed by atoms with Crippen LogP contribution in [0.4, 0.5) is 0 Å². The van der Waals surface area contributed by atoms with Crippen LogP contribution in [0.1, 0.15) is 64.1 Å². The SMILES string of the molecule is C[C@@H](C(=O)N[C@H](C(=O)N1C[C@@H](Oc2ccccc2)C[C@H]1C(=O)N[C@@H]1CCCc2ccccc21)C(C)(C)C)N(C)C. The van der Waals surface area contributed by atoms with Crippen LogP contribution in [0.25, 0.3) is 0 Å². The third kappa shape index (κ3) is 6.84. The molecule has 1 fully saturated rings. The Morgan fingerprint density at radius 3 is 2.38 bits per heavy atom. The number of amides is 3. The van der Waals surface area contributed by atoms with E-state index in [0.29, 0.717) is 12.2 Å². The summed E-state index contributed by atoms with van der Waals surface area (Å²) in [6, 6.07) is 15.7. The Labute approximate surface area is 238 Å². The van der Waals surface area contributed by atoms with E-state index in [2.05, 4.69) is 22.8 Å². The van der Waals surface area contributed by atoms with Crippen LogP contribution in [0.15, 0.2) is 54.6 Å². The van der Waals surface area contributed by atoms with Crippen LogP contribution in [0.3, 0.4) is 0 Å². The molecule has 0 spiro atoms. The normalized spacial score (nSPS) is 22.3. The summed E-state index contributed by atoms with van der Waals surface area (Å²) in [5.74, 6) is 0.0158. The van der Waals surface area contributed by atoms with E-state index in [1.165, 1.54) is 5.56 Å². The Morgan fingerprint density at radius 1 is 1.02 bits per heavy atom. The molecule has 0 saturated carbocycles. The number of benzene rings is 2. The number of nitrogens with one attached hydrogen (secondary N) is 2. The fourth-order valence-corrected chi connectivity index (χ4v) is 5.55. The molecule has 216 valence electrons. The molecule has 1 aliphatic carbocycles. The van der Waals surface area contributed by atoms with Crippen molar-refractivity contribution in [2.45, 2.75) is 83.6 Å². The second-order valence-electron chi connectivity index (χ2n) is 12.4. The lowest BCUT2D eigenvalue weighted by atomic mass is 9.85. The summed E-state index contributed by atoms with van der Waals surface area (Å²) in [6.45, 7) is 7.85. The molecular weight excluding hydrogens is 504 g/mol. The number of aryl methyl sites for hydroxylation is 1. The second kappa shape index (κ2) is 12.4. The third-order valence-corrected chi connectivity index (χ3v) is 8.13. The highest BCUT2D eigenvalue weighted by atomic mass is 16.5. The number of carbonyl (C=O) groups is 3. The minimum atomic E-state index is -0.802. The van der Waals surface area contributed by atoms with Crippen molar-refractivity contribution in [2.24, 2.45) is 5.41 Å². The maximum Gasteiger partial charge on any atom is 0.246 e. The zero-order valence-electron chi connectivity index (χ0n) is 24.6. The van der Waals surface area contributed by atoms with E-state index >= 15 is 0 Å². The average molecular weight is 549 g/mol. The van der Waals surface area contributed by atoms with E-state index in [1.807, 2.05) is 77.3 Å². The van der Waals surface area contributed by atoms with Gasteiger partial charge in [0, 0.05) is 6.42 Å². The molecule has 0 aromatic heterocycles. The van der Waals surface area contributed by atoms with Crippen molar-refractivity contribution in [3.05, 3.63) is 65.7 Å². The van der Waals surface area contributed by atoms with E-state index in [1.54, 1.807) is 16.7 Å². The van der Waals surface area contributed by atoms with Crippen LogP contribution in [-0.4, -0.2) is 72.4 Å². The first-order chi connectivity index (χ1) is 19.0. The fourth-order valence-electron chi connectivity index (χ4n) is 5.55. The number of hydrogen-bond donors (Lipinski definition) is 2. The third-order valence-electron chi connectivity index (χ3n) is 8.13. The Kier molecular flexibility index (Phi) is 9.19. The van der Waals surface area contributed by atoms with Gasteiger partial charge in [0.15, 0.2) is 0 Å². The molecule has 0 bridgehead atoms. The van der Waals surface area contributed by atoms with Gasteiger partial charge in [-0.2, -0.15) is 0 Å². The molecule has 5 atom stereocenters. The maximum absolute atomic E-state index is 14.2. The highest BCUT2D eigenvalue weighted by molar-refractivity contribution is 5.94. The summed E-state index contributed by atoms with van der Waals surface area (Å²) in [6.07, 6.45) is 2.88. The minimum Gasteiger partial charge on any atom is -0.488 e. The molecule has 0 radical (unpaired) electrons. The minimum absolute atomic E-state index is 0.0949. The van der Waals surface area contributed by atoms with Gasteiger partial charge < -0.3 is 20.3 Å². The van der Waals surface area contributed by atoms with Gasteiger partial charge in [-0.3, -0.25) is 19.3 Å². The van der Waals surface area contributed by atoms with E-state index in [0.717, 1.165) is 24.8 Å². The van der Waals surface area contributed by atoms with Crippen LogP contribution in [0.5, 0.6) is 5.75 Å². The van der Waals surface area contributed by atoms with Crippen molar-refractivity contribution < 1.29 is 19.1 Å². The second-order valence-corrected chi connectivity index (χ2v) is 12.4. The largest absolute Gasteiger partial charge is 0.488 e. The maximum atomic E-state index is 14.2. The van der Waals surface area contributed by atoms with Crippen LogP contribution in [0.2, 0.25) is 0 Å². The Morgan fingerprint density at radius 2 is 1.70 bits per heavy atom. The zero-order valence-corrected chi connectivity index (χ0v) is 24.6. The van der Waals surface area contributed by atoms with E-state index in [-0.39, 0.29) is 36.4 Å². The lowest BCUT2D eigenvalue weighted by molar-refractivity contribution is -0.144. The van der Waals surface area contributed by atoms with Crippen LogP contribution in [-0.2, 0) is 20.8 Å². The smallest absolute Gasteiger partial charge is 0.246 e. The van der Waals surface area contributed by atoms with Crippen molar-refractivity contribution in [1.29, 1.82) is 0 Å². The number of hydrogen-bond acceptors (Lipinski definition) is 5. The standard InChI is InChI=1S/C32H44N4O4/c1-21(35(5)6)29(37)34-28(32(2,3)4)31(39)36-20-24(40-23-15-8-7-9-16-23)19-27(36)30(38)33-26-18-12-14-22-13-10-11-17-25(22)26/h7-11,13,15-17,21,24,26-28H,12,14,18-20H2,1-6H3,(H,33,38)(H,34,37)/t21-,24-,26+,27-,28+/m0/s1. The summed E-state index contributed by atoms with van der Waals surface area (Å²) in [5, 5.41) is 6.24. The van der Waals surface area contributed by atoms with Gasteiger partial charge in [0.05, 0.1) is 18.6 Å². The molecule has 1 saturated heterocycles. The molecule has 8 nitrogen and oxygen atoms in total. The molecule has 2 aromatic rings. The molecule has 2 aromatic carbocycles. The quantitative estimate of drug-likeness (QED) is 0.525. The Bertz CT molecular complexity index is 1190. The Hall–Kier alpha value is -3.39. The molecule has 2 N–H and O–H groups in total. The summed E-state index contributed by atoms with van der Waals surface area (Å²) >= 11 is 0. The van der Waals surface area contributed by atoms with E-state index < -0.39 is 23.5 Å². The van der Waals surface area contributed by atoms with Gasteiger partial charge in [0.2, 0.25) is 17.7 Å². The van der Waals surface area contributed by atoms with Crippen LogP contribution in [0, 0.1) is 5.41 Å². The average Bonchev–Trinajstić information content (AvgIpc) is 3.34. The van der Waals surface area contributed by atoms with E-state index in [4.69, 9.17) is 4.74 Å². The van der Waals surface area contributed by atoms with Crippen LogP contribution >= 0.6 is 0 Å². The Balaban J connectivity index is 1.59. The van der Waals surface area contributed by atoms with Crippen molar-refractivity contribution in [3.8, 4) is 5.75 Å².